The second-order valence-corrected chi connectivity index (χ2v) is 8.21. The number of benzene rings is 2. The monoisotopic (exact) mass is 464 g/mol. The Bertz CT molecular complexity index is 1260. The molecule has 0 saturated carbocycles. The highest BCUT2D eigenvalue weighted by atomic mass is 16.6. The van der Waals surface area contributed by atoms with E-state index < -0.39 is 51.6 Å². The summed E-state index contributed by atoms with van der Waals surface area (Å²) in [5.41, 5.74) is -0.134. The minimum atomic E-state index is -0.976. The Morgan fingerprint density at radius 3 is 2.24 bits per heavy atom. The van der Waals surface area contributed by atoms with Crippen LogP contribution in [0.2, 0.25) is 0 Å². The fraction of sp³-hybridized carbons (Fsp3) is 0.261. The molecule has 2 aliphatic rings. The first kappa shape index (κ1) is 22.8. The van der Waals surface area contributed by atoms with Crippen molar-refractivity contribution in [1.82, 2.24) is 10.0 Å². The highest BCUT2D eigenvalue weighted by molar-refractivity contribution is 6.08. The first-order valence-corrected chi connectivity index (χ1v) is 10.5. The zero-order valence-electron chi connectivity index (χ0n) is 18.1. The third-order valence-corrected chi connectivity index (χ3v) is 6.12. The molecule has 4 rings (SSSR count). The molecular formula is C23H20N4O7. The SMILES string of the molecule is CC1=CC[C@H]2C(=O)N(N(Cc3ccccc3[N+](=O)[O-])C(=O)c3ccccc3[N+](=O)[O-])C(=O)[C@H]2C1. The molecule has 0 radical (unpaired) electrons. The second-order valence-electron chi connectivity index (χ2n) is 8.21. The van der Waals surface area contributed by atoms with Crippen molar-refractivity contribution in [3.05, 3.63) is 91.5 Å². The number of carbonyl (C=O) groups is 3. The quantitative estimate of drug-likeness (QED) is 0.276. The van der Waals surface area contributed by atoms with Gasteiger partial charge in [-0.3, -0.25) is 34.6 Å². The average Bonchev–Trinajstić information content (AvgIpc) is 3.06. The Morgan fingerprint density at radius 2 is 1.56 bits per heavy atom. The van der Waals surface area contributed by atoms with Crippen LogP contribution in [-0.4, -0.2) is 37.6 Å². The lowest BCUT2D eigenvalue weighted by Gasteiger charge is -2.30. The van der Waals surface area contributed by atoms with Crippen molar-refractivity contribution in [2.45, 2.75) is 26.3 Å². The number of rotatable bonds is 6. The maximum atomic E-state index is 13.6. The van der Waals surface area contributed by atoms with Gasteiger partial charge in [0.1, 0.15) is 5.56 Å². The second kappa shape index (κ2) is 8.85. The number of hydrogen-bond acceptors (Lipinski definition) is 7. The molecule has 1 heterocycles. The molecule has 0 bridgehead atoms. The van der Waals surface area contributed by atoms with E-state index >= 15 is 0 Å². The normalized spacial score (nSPS) is 19.4. The van der Waals surface area contributed by atoms with E-state index in [1.165, 1.54) is 42.5 Å². The van der Waals surface area contributed by atoms with Gasteiger partial charge in [0.15, 0.2) is 0 Å². The number of nitro groups is 2. The molecule has 0 N–H and O–H groups in total. The van der Waals surface area contributed by atoms with Gasteiger partial charge in [0, 0.05) is 12.1 Å². The van der Waals surface area contributed by atoms with Crippen molar-refractivity contribution in [2.24, 2.45) is 11.8 Å². The number of imide groups is 1. The minimum absolute atomic E-state index is 0.0733. The summed E-state index contributed by atoms with van der Waals surface area (Å²) in [5, 5.41) is 24.6. The number of nitro benzene ring substituents is 2. The van der Waals surface area contributed by atoms with Crippen molar-refractivity contribution in [1.29, 1.82) is 0 Å². The van der Waals surface area contributed by atoms with Gasteiger partial charge < -0.3 is 0 Å². The molecule has 3 amide bonds. The average molecular weight is 464 g/mol. The summed E-state index contributed by atoms with van der Waals surface area (Å²) < 4.78 is 0. The smallest absolute Gasteiger partial charge is 0.272 e. The molecule has 1 fully saturated rings. The van der Waals surface area contributed by atoms with Crippen LogP contribution in [0.1, 0.15) is 35.7 Å². The minimum Gasteiger partial charge on any atom is -0.272 e. The van der Waals surface area contributed by atoms with Gasteiger partial charge in [-0.05, 0) is 25.8 Å². The Hall–Kier alpha value is -4.41. The summed E-state index contributed by atoms with van der Waals surface area (Å²) in [7, 11) is 0. The van der Waals surface area contributed by atoms with Crippen LogP contribution >= 0.6 is 0 Å². The van der Waals surface area contributed by atoms with Gasteiger partial charge in [-0.15, -0.1) is 0 Å². The molecule has 34 heavy (non-hydrogen) atoms. The molecular weight excluding hydrogens is 444 g/mol. The van der Waals surface area contributed by atoms with E-state index in [1.807, 2.05) is 13.0 Å². The third-order valence-electron chi connectivity index (χ3n) is 6.12. The number of amides is 3. The van der Waals surface area contributed by atoms with Crippen molar-refractivity contribution in [2.75, 3.05) is 0 Å². The van der Waals surface area contributed by atoms with Crippen LogP contribution in [0.5, 0.6) is 0 Å². The molecule has 2 aromatic carbocycles. The van der Waals surface area contributed by atoms with E-state index in [9.17, 15) is 34.6 Å². The van der Waals surface area contributed by atoms with E-state index in [-0.39, 0.29) is 16.8 Å². The standard InChI is InChI=1S/C23H20N4O7/c1-14-10-11-16-18(12-14)23(30)25(22(16)29)24(13-15-6-2-4-8-19(15)26(31)32)21(28)17-7-3-5-9-20(17)27(33)34/h2-10,16,18H,11-13H2,1H3/t16-,18+/m1/s1. The van der Waals surface area contributed by atoms with Gasteiger partial charge in [0.05, 0.1) is 33.8 Å². The van der Waals surface area contributed by atoms with E-state index in [0.717, 1.165) is 21.7 Å². The highest BCUT2D eigenvalue weighted by Gasteiger charge is 2.52. The van der Waals surface area contributed by atoms with Crippen LogP contribution in [0, 0.1) is 32.1 Å². The van der Waals surface area contributed by atoms with Gasteiger partial charge in [0.2, 0.25) is 0 Å². The number of hydrogen-bond donors (Lipinski definition) is 0. The molecule has 174 valence electrons. The zero-order valence-corrected chi connectivity index (χ0v) is 18.1. The molecule has 11 nitrogen and oxygen atoms in total. The molecule has 0 spiro atoms. The van der Waals surface area contributed by atoms with Gasteiger partial charge in [-0.25, -0.2) is 5.01 Å². The molecule has 0 unspecified atom stereocenters. The lowest BCUT2D eigenvalue weighted by Crippen LogP contribution is -2.50. The Balaban J connectivity index is 1.81. The molecule has 2 atom stereocenters. The maximum absolute atomic E-state index is 13.6. The Kier molecular flexibility index (Phi) is 5.93. The Labute approximate surface area is 193 Å². The van der Waals surface area contributed by atoms with Crippen LogP contribution < -0.4 is 0 Å². The summed E-state index contributed by atoms with van der Waals surface area (Å²) >= 11 is 0. The molecule has 0 aromatic heterocycles. The molecule has 1 aliphatic heterocycles. The fourth-order valence-corrected chi connectivity index (χ4v) is 4.43. The number of para-hydroxylation sites is 2. The predicted octanol–water partition coefficient (Wildman–Crippen LogP) is 3.40. The lowest BCUT2D eigenvalue weighted by atomic mass is 9.82. The van der Waals surface area contributed by atoms with E-state index in [2.05, 4.69) is 0 Å². The van der Waals surface area contributed by atoms with Crippen molar-refractivity contribution >= 4 is 29.1 Å². The summed E-state index contributed by atoms with van der Waals surface area (Å²) in [6.07, 6.45) is 2.55. The predicted molar refractivity (Wildman–Crippen MR) is 118 cm³/mol. The molecule has 11 heteroatoms. The van der Waals surface area contributed by atoms with Gasteiger partial charge in [-0.1, -0.05) is 42.0 Å². The summed E-state index contributed by atoms with van der Waals surface area (Å²) in [6, 6.07) is 10.8. The molecule has 2 aromatic rings. The first-order chi connectivity index (χ1) is 16.2. The van der Waals surface area contributed by atoms with Gasteiger partial charge >= 0.3 is 0 Å². The van der Waals surface area contributed by atoms with Crippen LogP contribution in [0.4, 0.5) is 11.4 Å². The first-order valence-electron chi connectivity index (χ1n) is 10.5. The highest BCUT2D eigenvalue weighted by Crippen LogP contribution is 2.39. The van der Waals surface area contributed by atoms with Crippen LogP contribution in [-0.2, 0) is 16.1 Å². The molecule has 1 aliphatic carbocycles. The van der Waals surface area contributed by atoms with Gasteiger partial charge in [-0.2, -0.15) is 5.01 Å². The van der Waals surface area contributed by atoms with Crippen LogP contribution in [0.3, 0.4) is 0 Å². The van der Waals surface area contributed by atoms with Gasteiger partial charge in [0.25, 0.3) is 29.1 Å². The van der Waals surface area contributed by atoms with E-state index in [1.54, 1.807) is 0 Å². The number of carbonyl (C=O) groups excluding carboxylic acids is 3. The lowest BCUT2D eigenvalue weighted by molar-refractivity contribution is -0.385. The number of hydrazine groups is 1. The summed E-state index contributed by atoms with van der Waals surface area (Å²) in [6.45, 7) is 1.35. The zero-order chi connectivity index (χ0) is 24.6. The largest absolute Gasteiger partial charge is 0.282 e. The fourth-order valence-electron chi connectivity index (χ4n) is 4.43. The van der Waals surface area contributed by atoms with Crippen LogP contribution in [0.25, 0.3) is 0 Å². The van der Waals surface area contributed by atoms with Crippen LogP contribution in [0.15, 0.2) is 60.2 Å². The number of allylic oxidation sites excluding steroid dienone is 2. The third kappa shape index (κ3) is 3.91. The van der Waals surface area contributed by atoms with Crippen molar-refractivity contribution < 1.29 is 24.2 Å². The number of nitrogens with zero attached hydrogens (tertiary/aromatic N) is 4. The summed E-state index contributed by atoms with van der Waals surface area (Å²) in [4.78, 5) is 61.9. The maximum Gasteiger partial charge on any atom is 0.282 e. The van der Waals surface area contributed by atoms with Crippen molar-refractivity contribution in [3.8, 4) is 0 Å². The number of fused-ring (bicyclic) bond motifs is 1. The Morgan fingerprint density at radius 1 is 0.971 bits per heavy atom. The van der Waals surface area contributed by atoms with E-state index in [4.69, 9.17) is 0 Å². The molecule has 1 saturated heterocycles. The topological polar surface area (TPSA) is 144 Å². The van der Waals surface area contributed by atoms with E-state index in [0.29, 0.717) is 12.8 Å². The van der Waals surface area contributed by atoms with Crippen molar-refractivity contribution in [3.63, 3.8) is 0 Å². The summed E-state index contributed by atoms with van der Waals surface area (Å²) in [5.74, 6) is -3.51.